The molecule has 2 aromatic carbocycles. The maximum absolute atomic E-state index is 13.1. The Kier molecular flexibility index (Phi) is 3.96. The van der Waals surface area contributed by atoms with Crippen LogP contribution in [-0.2, 0) is 11.2 Å². The molecule has 4 nitrogen and oxygen atoms in total. The molecule has 22 heavy (non-hydrogen) atoms. The van der Waals surface area contributed by atoms with Crippen LogP contribution in [0.4, 0.5) is 15.8 Å². The number of hydrogen-bond acceptors (Lipinski definition) is 3. The number of ether oxygens (including phenoxy) is 1. The Hall–Kier alpha value is -2.56. The maximum Gasteiger partial charge on any atom is 0.246 e. The highest BCUT2D eigenvalue weighted by atomic mass is 19.1. The number of hydrogen-bond donors (Lipinski definition) is 2. The van der Waals surface area contributed by atoms with E-state index in [9.17, 15) is 9.18 Å². The minimum absolute atomic E-state index is 0.220. The standard InChI is InChI=1S/C17H17FN2O2/c1-11(17(21)20-14-4-2-3-13(18)10-14)19-15-5-6-16-12(9-15)7-8-22-16/h2-6,9-11,19H,7-8H2,1H3,(H,20,21). The van der Waals surface area contributed by atoms with Gasteiger partial charge in [0, 0.05) is 17.8 Å². The van der Waals surface area contributed by atoms with Crippen molar-refractivity contribution in [1.82, 2.24) is 0 Å². The van der Waals surface area contributed by atoms with E-state index in [0.29, 0.717) is 12.3 Å². The van der Waals surface area contributed by atoms with E-state index in [4.69, 9.17) is 4.74 Å². The minimum Gasteiger partial charge on any atom is -0.493 e. The quantitative estimate of drug-likeness (QED) is 0.911. The van der Waals surface area contributed by atoms with Crippen LogP contribution in [-0.4, -0.2) is 18.6 Å². The van der Waals surface area contributed by atoms with Gasteiger partial charge in [0.2, 0.25) is 5.91 Å². The van der Waals surface area contributed by atoms with Crippen molar-refractivity contribution in [3.05, 3.63) is 53.8 Å². The lowest BCUT2D eigenvalue weighted by Gasteiger charge is -2.16. The van der Waals surface area contributed by atoms with Crippen LogP contribution in [0.2, 0.25) is 0 Å². The molecule has 0 radical (unpaired) electrons. The summed E-state index contributed by atoms with van der Waals surface area (Å²) in [6.07, 6.45) is 0.884. The van der Waals surface area contributed by atoms with Crippen molar-refractivity contribution >= 4 is 17.3 Å². The summed E-state index contributed by atoms with van der Waals surface area (Å²) in [5.74, 6) is 0.307. The lowest BCUT2D eigenvalue weighted by molar-refractivity contribution is -0.116. The highest BCUT2D eigenvalue weighted by molar-refractivity contribution is 5.96. The van der Waals surface area contributed by atoms with Crippen molar-refractivity contribution in [1.29, 1.82) is 0 Å². The summed E-state index contributed by atoms with van der Waals surface area (Å²) in [4.78, 5) is 12.1. The summed E-state index contributed by atoms with van der Waals surface area (Å²) in [6.45, 7) is 2.47. The Balaban J connectivity index is 1.63. The first-order valence-corrected chi connectivity index (χ1v) is 7.20. The van der Waals surface area contributed by atoms with Crippen LogP contribution in [0.3, 0.4) is 0 Å². The fourth-order valence-corrected chi connectivity index (χ4v) is 2.41. The predicted octanol–water partition coefficient (Wildman–Crippen LogP) is 3.20. The summed E-state index contributed by atoms with van der Waals surface area (Å²) in [5.41, 5.74) is 2.45. The molecule has 114 valence electrons. The number of carbonyl (C=O) groups is 1. The number of anilines is 2. The van der Waals surface area contributed by atoms with Crippen molar-refractivity contribution in [3.8, 4) is 5.75 Å². The number of amides is 1. The maximum atomic E-state index is 13.1. The van der Waals surface area contributed by atoms with Crippen LogP contribution in [0.15, 0.2) is 42.5 Å². The molecule has 0 bridgehead atoms. The third-order valence-corrected chi connectivity index (χ3v) is 3.56. The normalized spacial score (nSPS) is 13.9. The molecule has 1 aliphatic heterocycles. The fraction of sp³-hybridized carbons (Fsp3) is 0.235. The summed E-state index contributed by atoms with van der Waals surface area (Å²) in [6, 6.07) is 11.2. The Bertz CT molecular complexity index is 703. The topological polar surface area (TPSA) is 50.4 Å². The Morgan fingerprint density at radius 3 is 2.91 bits per heavy atom. The van der Waals surface area contributed by atoms with E-state index in [1.165, 1.54) is 12.1 Å². The van der Waals surface area contributed by atoms with Crippen LogP contribution in [0.5, 0.6) is 5.75 Å². The van der Waals surface area contributed by atoms with Gasteiger partial charge in [-0.05, 0) is 48.9 Å². The van der Waals surface area contributed by atoms with Gasteiger partial charge in [0.1, 0.15) is 17.6 Å². The van der Waals surface area contributed by atoms with Crippen LogP contribution in [0.1, 0.15) is 12.5 Å². The number of rotatable bonds is 4. The fourth-order valence-electron chi connectivity index (χ4n) is 2.41. The summed E-state index contributed by atoms with van der Waals surface area (Å²) < 4.78 is 18.6. The van der Waals surface area contributed by atoms with Crippen LogP contribution in [0.25, 0.3) is 0 Å². The zero-order valence-electron chi connectivity index (χ0n) is 12.2. The highest BCUT2D eigenvalue weighted by Crippen LogP contribution is 2.28. The molecule has 3 rings (SSSR count). The molecule has 0 aliphatic carbocycles. The lowest BCUT2D eigenvalue weighted by atomic mass is 10.1. The van der Waals surface area contributed by atoms with Crippen molar-refractivity contribution < 1.29 is 13.9 Å². The molecular formula is C17H17FN2O2. The predicted molar refractivity (Wildman–Crippen MR) is 83.8 cm³/mol. The second kappa shape index (κ2) is 6.05. The van der Waals surface area contributed by atoms with Crippen molar-refractivity contribution in [2.75, 3.05) is 17.2 Å². The molecule has 1 unspecified atom stereocenters. The molecule has 0 saturated carbocycles. The molecule has 5 heteroatoms. The summed E-state index contributed by atoms with van der Waals surface area (Å²) in [7, 11) is 0. The summed E-state index contributed by atoms with van der Waals surface area (Å²) in [5, 5.41) is 5.83. The third kappa shape index (κ3) is 3.19. The second-order valence-corrected chi connectivity index (χ2v) is 5.29. The monoisotopic (exact) mass is 300 g/mol. The molecule has 1 atom stereocenters. The van der Waals surface area contributed by atoms with E-state index < -0.39 is 6.04 Å². The van der Waals surface area contributed by atoms with Gasteiger partial charge in [0.15, 0.2) is 0 Å². The molecule has 1 amide bonds. The smallest absolute Gasteiger partial charge is 0.246 e. The number of carbonyl (C=O) groups excluding carboxylic acids is 1. The van der Waals surface area contributed by atoms with Crippen LogP contribution in [0, 0.1) is 5.82 Å². The zero-order chi connectivity index (χ0) is 15.5. The Labute approximate surface area is 128 Å². The second-order valence-electron chi connectivity index (χ2n) is 5.29. The molecule has 0 aromatic heterocycles. The molecule has 2 aromatic rings. The minimum atomic E-state index is -0.441. The Morgan fingerprint density at radius 2 is 2.09 bits per heavy atom. The molecule has 2 N–H and O–H groups in total. The van der Waals surface area contributed by atoms with E-state index >= 15 is 0 Å². The van der Waals surface area contributed by atoms with Gasteiger partial charge in [-0.1, -0.05) is 6.07 Å². The molecule has 1 aliphatic rings. The van der Waals surface area contributed by atoms with Gasteiger partial charge >= 0.3 is 0 Å². The van der Waals surface area contributed by atoms with Gasteiger partial charge in [0.25, 0.3) is 0 Å². The van der Waals surface area contributed by atoms with Crippen molar-refractivity contribution in [3.63, 3.8) is 0 Å². The van der Waals surface area contributed by atoms with Crippen LogP contribution < -0.4 is 15.4 Å². The van der Waals surface area contributed by atoms with Gasteiger partial charge in [-0.3, -0.25) is 4.79 Å². The number of benzene rings is 2. The average Bonchev–Trinajstić information content (AvgIpc) is 2.94. The van der Waals surface area contributed by atoms with E-state index in [0.717, 1.165) is 23.4 Å². The van der Waals surface area contributed by atoms with Crippen molar-refractivity contribution in [2.24, 2.45) is 0 Å². The van der Waals surface area contributed by atoms with Gasteiger partial charge in [-0.15, -0.1) is 0 Å². The number of nitrogens with one attached hydrogen (secondary N) is 2. The van der Waals surface area contributed by atoms with Gasteiger partial charge < -0.3 is 15.4 Å². The summed E-state index contributed by atoms with van der Waals surface area (Å²) >= 11 is 0. The number of halogens is 1. The first-order valence-electron chi connectivity index (χ1n) is 7.20. The van der Waals surface area contributed by atoms with E-state index in [-0.39, 0.29) is 11.7 Å². The van der Waals surface area contributed by atoms with E-state index in [1.54, 1.807) is 19.1 Å². The average molecular weight is 300 g/mol. The van der Waals surface area contributed by atoms with Gasteiger partial charge in [-0.2, -0.15) is 0 Å². The molecule has 0 spiro atoms. The molecule has 1 heterocycles. The lowest BCUT2D eigenvalue weighted by Crippen LogP contribution is -2.31. The third-order valence-electron chi connectivity index (χ3n) is 3.56. The van der Waals surface area contributed by atoms with Gasteiger partial charge in [-0.25, -0.2) is 4.39 Å². The van der Waals surface area contributed by atoms with E-state index in [1.807, 2.05) is 18.2 Å². The zero-order valence-corrected chi connectivity index (χ0v) is 12.2. The first kappa shape index (κ1) is 14.4. The molecular weight excluding hydrogens is 283 g/mol. The number of fused-ring (bicyclic) bond motifs is 1. The molecule has 0 saturated heterocycles. The van der Waals surface area contributed by atoms with Crippen LogP contribution >= 0.6 is 0 Å². The van der Waals surface area contributed by atoms with Gasteiger partial charge in [0.05, 0.1) is 6.61 Å². The Morgan fingerprint density at radius 1 is 1.23 bits per heavy atom. The molecule has 0 fully saturated rings. The van der Waals surface area contributed by atoms with E-state index in [2.05, 4.69) is 10.6 Å². The highest BCUT2D eigenvalue weighted by Gasteiger charge is 2.16. The van der Waals surface area contributed by atoms with Crippen molar-refractivity contribution in [2.45, 2.75) is 19.4 Å². The SMILES string of the molecule is CC(Nc1ccc2c(c1)CCO2)C(=O)Nc1cccc(F)c1. The first-order chi connectivity index (χ1) is 10.6. The largest absolute Gasteiger partial charge is 0.493 e.